The van der Waals surface area contributed by atoms with Gasteiger partial charge in [0.1, 0.15) is 0 Å². The molecule has 3 N–H and O–H groups in total. The van der Waals surface area contributed by atoms with Gasteiger partial charge >= 0.3 is 0 Å². The van der Waals surface area contributed by atoms with E-state index in [1.165, 1.54) is 6.20 Å². The van der Waals surface area contributed by atoms with Crippen LogP contribution in [-0.2, 0) is 0 Å². The van der Waals surface area contributed by atoms with Gasteiger partial charge in [-0.1, -0.05) is 6.07 Å². The van der Waals surface area contributed by atoms with Crippen molar-refractivity contribution < 1.29 is 4.79 Å². The summed E-state index contributed by atoms with van der Waals surface area (Å²) in [6.07, 6.45) is 3.23. The summed E-state index contributed by atoms with van der Waals surface area (Å²) in [5, 5.41) is 2.81. The van der Waals surface area contributed by atoms with Crippen molar-refractivity contribution in [2.24, 2.45) is 0 Å². The number of hydrogen-bond donors (Lipinski definition) is 2. The molecule has 0 fully saturated rings. The molecule has 0 saturated heterocycles. The summed E-state index contributed by atoms with van der Waals surface area (Å²) >= 11 is 0. The molecule has 0 radical (unpaired) electrons. The molecule has 0 saturated carbocycles. The third kappa shape index (κ3) is 2.63. The van der Waals surface area contributed by atoms with Gasteiger partial charge in [0.05, 0.1) is 17.4 Å². The molecule has 92 valence electrons. The minimum Gasteiger partial charge on any atom is -0.397 e. The lowest BCUT2D eigenvalue weighted by molar-refractivity contribution is 0.0935. The number of nitrogens with two attached hydrogens (primary N) is 1. The maximum atomic E-state index is 12.0. The second kappa shape index (κ2) is 5.27. The predicted octanol–water partition coefficient (Wildman–Crippen LogP) is 1.55. The fraction of sp³-hybridized carbons (Fsp3) is 0.154. The fourth-order valence-corrected chi connectivity index (χ4v) is 1.58. The van der Waals surface area contributed by atoms with Gasteiger partial charge in [-0.15, -0.1) is 0 Å². The number of anilines is 1. The summed E-state index contributed by atoms with van der Waals surface area (Å²) in [6.45, 7) is 1.86. The van der Waals surface area contributed by atoms with Gasteiger partial charge in [0.15, 0.2) is 5.69 Å². The highest BCUT2D eigenvalue weighted by atomic mass is 16.1. The highest BCUT2D eigenvalue weighted by molar-refractivity contribution is 5.97. The van der Waals surface area contributed by atoms with Crippen LogP contribution in [0.3, 0.4) is 0 Å². The predicted molar refractivity (Wildman–Crippen MR) is 68.8 cm³/mol. The van der Waals surface area contributed by atoms with Crippen LogP contribution in [0.25, 0.3) is 0 Å². The van der Waals surface area contributed by atoms with Crippen LogP contribution in [0.5, 0.6) is 0 Å². The Bertz CT molecular complexity index is 542. The topological polar surface area (TPSA) is 80.9 Å². The van der Waals surface area contributed by atoms with Crippen molar-refractivity contribution in [2.75, 3.05) is 5.73 Å². The quantitative estimate of drug-likeness (QED) is 0.855. The zero-order valence-corrected chi connectivity index (χ0v) is 10.00. The molecule has 0 aliphatic carbocycles. The van der Waals surface area contributed by atoms with E-state index in [-0.39, 0.29) is 17.6 Å². The van der Waals surface area contributed by atoms with Crippen LogP contribution < -0.4 is 11.1 Å². The summed E-state index contributed by atoms with van der Waals surface area (Å²) in [5.41, 5.74) is 7.09. The Kier molecular flexibility index (Phi) is 3.52. The molecule has 2 aromatic rings. The second-order valence-electron chi connectivity index (χ2n) is 3.89. The molecule has 2 rings (SSSR count). The first kappa shape index (κ1) is 12.0. The van der Waals surface area contributed by atoms with Crippen molar-refractivity contribution in [1.29, 1.82) is 0 Å². The van der Waals surface area contributed by atoms with Crippen LogP contribution in [-0.4, -0.2) is 15.9 Å². The van der Waals surface area contributed by atoms with Crippen LogP contribution >= 0.6 is 0 Å². The Balaban J connectivity index is 2.11. The van der Waals surface area contributed by atoms with Crippen molar-refractivity contribution in [3.05, 3.63) is 54.1 Å². The molecule has 0 aliphatic rings. The molecule has 0 spiro atoms. The molecule has 0 aliphatic heterocycles. The van der Waals surface area contributed by atoms with Gasteiger partial charge in [-0.05, 0) is 31.2 Å². The van der Waals surface area contributed by atoms with Crippen LogP contribution in [0.4, 0.5) is 5.69 Å². The maximum Gasteiger partial charge on any atom is 0.272 e. The molecule has 1 unspecified atom stereocenters. The van der Waals surface area contributed by atoms with E-state index in [2.05, 4.69) is 15.3 Å². The third-order valence-electron chi connectivity index (χ3n) is 2.53. The van der Waals surface area contributed by atoms with Crippen LogP contribution in [0.1, 0.15) is 29.1 Å². The van der Waals surface area contributed by atoms with Crippen LogP contribution in [0, 0.1) is 0 Å². The van der Waals surface area contributed by atoms with Crippen LogP contribution in [0.2, 0.25) is 0 Å². The van der Waals surface area contributed by atoms with Crippen molar-refractivity contribution in [1.82, 2.24) is 15.3 Å². The first-order valence-electron chi connectivity index (χ1n) is 5.61. The van der Waals surface area contributed by atoms with Crippen molar-refractivity contribution in [2.45, 2.75) is 13.0 Å². The zero-order valence-electron chi connectivity index (χ0n) is 10.00. The summed E-state index contributed by atoms with van der Waals surface area (Å²) < 4.78 is 0. The molecule has 5 heteroatoms. The molecular formula is C13H14N4O. The second-order valence-corrected chi connectivity index (χ2v) is 3.89. The largest absolute Gasteiger partial charge is 0.397 e. The van der Waals surface area contributed by atoms with Crippen molar-refractivity contribution >= 4 is 11.6 Å². The van der Waals surface area contributed by atoms with Gasteiger partial charge in [-0.25, -0.2) is 4.98 Å². The number of aromatic nitrogens is 2. The van der Waals surface area contributed by atoms with E-state index in [1.54, 1.807) is 18.3 Å². The third-order valence-corrected chi connectivity index (χ3v) is 2.53. The minimum atomic E-state index is -0.300. The fourth-order valence-electron chi connectivity index (χ4n) is 1.58. The average molecular weight is 242 g/mol. The Labute approximate surface area is 105 Å². The highest BCUT2D eigenvalue weighted by Crippen LogP contribution is 2.11. The van der Waals surface area contributed by atoms with Gasteiger partial charge < -0.3 is 11.1 Å². The van der Waals surface area contributed by atoms with E-state index in [1.807, 2.05) is 25.1 Å². The number of nitrogen functional groups attached to an aromatic ring is 1. The molecule has 1 atom stereocenters. The highest BCUT2D eigenvalue weighted by Gasteiger charge is 2.15. The standard InChI is InChI=1S/C13H14N4O/c1-9(11-6-2-3-7-15-11)17-13(18)12-10(14)5-4-8-16-12/h2-9H,14H2,1H3,(H,17,18). The Morgan fingerprint density at radius 2 is 2.00 bits per heavy atom. The molecule has 5 nitrogen and oxygen atoms in total. The number of rotatable bonds is 3. The molecule has 18 heavy (non-hydrogen) atoms. The zero-order chi connectivity index (χ0) is 13.0. The first-order chi connectivity index (χ1) is 8.68. The van der Waals surface area contributed by atoms with E-state index in [4.69, 9.17) is 5.73 Å². The van der Waals surface area contributed by atoms with E-state index in [9.17, 15) is 4.79 Å². The van der Waals surface area contributed by atoms with E-state index in [0.29, 0.717) is 5.69 Å². The van der Waals surface area contributed by atoms with Gasteiger partial charge in [0.25, 0.3) is 5.91 Å². The van der Waals surface area contributed by atoms with Gasteiger partial charge in [-0.3, -0.25) is 9.78 Å². The summed E-state index contributed by atoms with van der Waals surface area (Å²) in [4.78, 5) is 20.1. The van der Waals surface area contributed by atoms with E-state index >= 15 is 0 Å². The molecule has 2 heterocycles. The normalized spacial score (nSPS) is 11.8. The number of pyridine rings is 2. The number of amides is 1. The summed E-state index contributed by atoms with van der Waals surface area (Å²) in [6, 6.07) is 8.70. The molecule has 0 aromatic carbocycles. The summed E-state index contributed by atoms with van der Waals surface area (Å²) in [7, 11) is 0. The van der Waals surface area contributed by atoms with E-state index in [0.717, 1.165) is 5.69 Å². The smallest absolute Gasteiger partial charge is 0.272 e. The van der Waals surface area contributed by atoms with Crippen LogP contribution in [0.15, 0.2) is 42.7 Å². The number of nitrogens with zero attached hydrogens (tertiary/aromatic N) is 2. The molecule has 2 aromatic heterocycles. The van der Waals surface area contributed by atoms with Gasteiger partial charge in [0.2, 0.25) is 0 Å². The molecular weight excluding hydrogens is 228 g/mol. The van der Waals surface area contributed by atoms with Crippen molar-refractivity contribution in [3.8, 4) is 0 Å². The molecule has 0 bridgehead atoms. The number of carbonyl (C=O) groups excluding carboxylic acids is 1. The van der Waals surface area contributed by atoms with Gasteiger partial charge in [-0.2, -0.15) is 0 Å². The number of carbonyl (C=O) groups is 1. The Morgan fingerprint density at radius 1 is 1.22 bits per heavy atom. The molecule has 1 amide bonds. The SMILES string of the molecule is CC(NC(=O)c1ncccc1N)c1ccccn1. The lowest BCUT2D eigenvalue weighted by Gasteiger charge is -2.13. The maximum absolute atomic E-state index is 12.0. The number of hydrogen-bond acceptors (Lipinski definition) is 4. The lowest BCUT2D eigenvalue weighted by Crippen LogP contribution is -2.28. The number of nitrogens with one attached hydrogen (secondary N) is 1. The monoisotopic (exact) mass is 242 g/mol. The lowest BCUT2D eigenvalue weighted by atomic mass is 10.2. The first-order valence-corrected chi connectivity index (χ1v) is 5.61. The Morgan fingerprint density at radius 3 is 2.67 bits per heavy atom. The minimum absolute atomic E-state index is 0.194. The summed E-state index contributed by atoms with van der Waals surface area (Å²) in [5.74, 6) is -0.300. The van der Waals surface area contributed by atoms with Gasteiger partial charge in [0, 0.05) is 12.4 Å². The van der Waals surface area contributed by atoms with Crippen molar-refractivity contribution in [3.63, 3.8) is 0 Å². The average Bonchev–Trinajstić information content (AvgIpc) is 2.40. The van der Waals surface area contributed by atoms with E-state index < -0.39 is 0 Å². The Hall–Kier alpha value is -2.43.